The Morgan fingerprint density at radius 1 is 0.783 bits per heavy atom. The van der Waals surface area contributed by atoms with Gasteiger partial charge in [-0.25, -0.2) is 0 Å². The summed E-state index contributed by atoms with van der Waals surface area (Å²) in [6.07, 6.45) is 0. The highest BCUT2D eigenvalue weighted by Gasteiger charge is 2.18. The number of benzene rings is 3. The molecule has 0 amide bonds. The SMILES string of the molecule is CN(c1ccccc1)c1ccccc1-c1ccccc1[N+](=O)[O-]. The lowest BCUT2D eigenvalue weighted by Gasteiger charge is -2.22. The first-order chi connectivity index (χ1) is 11.2. The van der Waals surface area contributed by atoms with Gasteiger partial charge in [0.25, 0.3) is 5.69 Å². The molecule has 0 atom stereocenters. The number of nitro benzene ring substituents is 1. The van der Waals surface area contributed by atoms with Gasteiger partial charge in [0.2, 0.25) is 0 Å². The van der Waals surface area contributed by atoms with Gasteiger partial charge in [0.15, 0.2) is 0 Å². The summed E-state index contributed by atoms with van der Waals surface area (Å²) in [5.74, 6) is 0. The number of nitrogens with zero attached hydrogens (tertiary/aromatic N) is 2. The fraction of sp³-hybridized carbons (Fsp3) is 0.0526. The van der Waals surface area contributed by atoms with Gasteiger partial charge in [0.1, 0.15) is 0 Å². The van der Waals surface area contributed by atoms with Crippen molar-refractivity contribution in [1.29, 1.82) is 0 Å². The minimum atomic E-state index is -0.339. The maximum absolute atomic E-state index is 11.3. The molecule has 0 saturated carbocycles. The number of hydrogen-bond acceptors (Lipinski definition) is 3. The second kappa shape index (κ2) is 6.32. The van der Waals surface area contributed by atoms with Crippen LogP contribution in [0.25, 0.3) is 11.1 Å². The van der Waals surface area contributed by atoms with Crippen LogP contribution in [0, 0.1) is 10.1 Å². The van der Waals surface area contributed by atoms with Gasteiger partial charge in [0.05, 0.1) is 10.5 Å². The predicted octanol–water partition coefficient (Wildman–Crippen LogP) is 5.03. The summed E-state index contributed by atoms with van der Waals surface area (Å²) in [5.41, 5.74) is 3.52. The van der Waals surface area contributed by atoms with Crippen LogP contribution in [0.4, 0.5) is 17.1 Å². The molecule has 0 aliphatic heterocycles. The molecule has 0 saturated heterocycles. The third-order valence-corrected chi connectivity index (χ3v) is 3.80. The van der Waals surface area contributed by atoms with E-state index in [-0.39, 0.29) is 10.6 Å². The van der Waals surface area contributed by atoms with E-state index in [4.69, 9.17) is 0 Å². The summed E-state index contributed by atoms with van der Waals surface area (Å²) in [4.78, 5) is 13.0. The average Bonchev–Trinajstić information content (AvgIpc) is 2.62. The van der Waals surface area contributed by atoms with Gasteiger partial charge >= 0.3 is 0 Å². The standard InChI is InChI=1S/C19H16N2O2/c1-20(15-9-3-2-4-10-15)18-13-7-5-11-16(18)17-12-6-8-14-19(17)21(22)23/h2-14H,1H3. The Bertz CT molecular complexity index is 832. The summed E-state index contributed by atoms with van der Waals surface area (Å²) >= 11 is 0. The molecule has 3 aromatic rings. The Balaban J connectivity index is 2.15. The van der Waals surface area contributed by atoms with Crippen molar-refractivity contribution in [2.24, 2.45) is 0 Å². The lowest BCUT2D eigenvalue weighted by Crippen LogP contribution is -2.10. The first-order valence-electron chi connectivity index (χ1n) is 7.30. The summed E-state index contributed by atoms with van der Waals surface area (Å²) in [6, 6.07) is 24.5. The molecule has 0 aromatic heterocycles. The molecule has 0 spiro atoms. The molecule has 0 unspecified atom stereocenters. The lowest BCUT2D eigenvalue weighted by atomic mass is 10.0. The third-order valence-electron chi connectivity index (χ3n) is 3.80. The van der Waals surface area contributed by atoms with E-state index in [9.17, 15) is 10.1 Å². The van der Waals surface area contributed by atoms with Crippen molar-refractivity contribution >= 4 is 17.1 Å². The monoisotopic (exact) mass is 304 g/mol. The number of rotatable bonds is 4. The normalized spacial score (nSPS) is 10.3. The predicted molar refractivity (Wildman–Crippen MR) is 93.0 cm³/mol. The third kappa shape index (κ3) is 2.92. The smallest absolute Gasteiger partial charge is 0.277 e. The number of anilines is 2. The van der Waals surface area contributed by atoms with Gasteiger partial charge in [-0.2, -0.15) is 0 Å². The molecule has 3 rings (SSSR count). The van der Waals surface area contributed by atoms with Crippen LogP contribution in [0.5, 0.6) is 0 Å². The molecular weight excluding hydrogens is 288 g/mol. The van der Waals surface area contributed by atoms with Gasteiger partial charge in [-0.3, -0.25) is 10.1 Å². The van der Waals surface area contributed by atoms with Crippen LogP contribution in [0.2, 0.25) is 0 Å². The largest absolute Gasteiger partial charge is 0.344 e. The lowest BCUT2D eigenvalue weighted by molar-refractivity contribution is -0.384. The topological polar surface area (TPSA) is 46.4 Å². The minimum Gasteiger partial charge on any atom is -0.344 e. The molecule has 23 heavy (non-hydrogen) atoms. The average molecular weight is 304 g/mol. The zero-order valence-corrected chi connectivity index (χ0v) is 12.7. The van der Waals surface area contributed by atoms with Gasteiger partial charge < -0.3 is 4.90 Å². The van der Waals surface area contributed by atoms with Crippen LogP contribution in [-0.2, 0) is 0 Å². The van der Waals surface area contributed by atoms with Crippen LogP contribution < -0.4 is 4.90 Å². The van der Waals surface area contributed by atoms with Crippen molar-refractivity contribution in [3.63, 3.8) is 0 Å². The van der Waals surface area contributed by atoms with Crippen molar-refractivity contribution in [1.82, 2.24) is 0 Å². The van der Waals surface area contributed by atoms with Crippen molar-refractivity contribution in [3.05, 3.63) is 89.0 Å². The van der Waals surface area contributed by atoms with E-state index in [1.165, 1.54) is 6.07 Å². The molecule has 0 aliphatic rings. The van der Waals surface area contributed by atoms with Crippen LogP contribution >= 0.6 is 0 Å². The Kier molecular flexibility index (Phi) is 4.06. The molecule has 0 aliphatic carbocycles. The van der Waals surface area contributed by atoms with Crippen molar-refractivity contribution in [2.75, 3.05) is 11.9 Å². The number of nitro groups is 1. The molecule has 0 radical (unpaired) electrons. The number of hydrogen-bond donors (Lipinski definition) is 0. The zero-order chi connectivity index (χ0) is 16.2. The van der Waals surface area contributed by atoms with Crippen LogP contribution in [0.1, 0.15) is 0 Å². The first-order valence-corrected chi connectivity index (χ1v) is 7.30. The highest BCUT2D eigenvalue weighted by molar-refractivity contribution is 5.86. The van der Waals surface area contributed by atoms with E-state index >= 15 is 0 Å². The van der Waals surface area contributed by atoms with Crippen LogP contribution in [0.3, 0.4) is 0 Å². The Morgan fingerprint density at radius 2 is 1.35 bits per heavy atom. The number of para-hydroxylation sites is 3. The Hall–Kier alpha value is -3.14. The van der Waals surface area contributed by atoms with Crippen molar-refractivity contribution < 1.29 is 4.92 Å². The van der Waals surface area contributed by atoms with E-state index < -0.39 is 0 Å². The fourth-order valence-electron chi connectivity index (χ4n) is 2.65. The highest BCUT2D eigenvalue weighted by Crippen LogP contribution is 2.38. The van der Waals surface area contributed by atoms with E-state index in [1.807, 2.05) is 72.6 Å². The second-order valence-corrected chi connectivity index (χ2v) is 5.19. The Labute approximate surface area is 134 Å². The molecule has 114 valence electrons. The maximum atomic E-state index is 11.3. The van der Waals surface area contributed by atoms with E-state index in [0.29, 0.717) is 5.56 Å². The molecule has 3 aromatic carbocycles. The fourth-order valence-corrected chi connectivity index (χ4v) is 2.65. The molecule has 0 fully saturated rings. The van der Waals surface area contributed by atoms with Gasteiger partial charge in [-0.05, 0) is 24.3 Å². The Morgan fingerprint density at radius 3 is 2.04 bits per heavy atom. The molecule has 0 bridgehead atoms. The van der Waals surface area contributed by atoms with Crippen molar-refractivity contribution in [3.8, 4) is 11.1 Å². The summed E-state index contributed by atoms with van der Waals surface area (Å²) in [6.45, 7) is 0. The van der Waals surface area contributed by atoms with Crippen LogP contribution in [0.15, 0.2) is 78.9 Å². The van der Waals surface area contributed by atoms with Crippen molar-refractivity contribution in [2.45, 2.75) is 0 Å². The van der Waals surface area contributed by atoms with E-state index in [2.05, 4.69) is 0 Å². The van der Waals surface area contributed by atoms with Gasteiger partial charge in [0, 0.05) is 30.1 Å². The minimum absolute atomic E-state index is 0.112. The summed E-state index contributed by atoms with van der Waals surface area (Å²) < 4.78 is 0. The maximum Gasteiger partial charge on any atom is 0.277 e. The summed E-state index contributed by atoms with van der Waals surface area (Å²) in [5, 5.41) is 11.3. The molecular formula is C19H16N2O2. The molecule has 0 heterocycles. The molecule has 4 nitrogen and oxygen atoms in total. The highest BCUT2D eigenvalue weighted by atomic mass is 16.6. The zero-order valence-electron chi connectivity index (χ0n) is 12.7. The van der Waals surface area contributed by atoms with E-state index in [0.717, 1.165) is 16.9 Å². The van der Waals surface area contributed by atoms with Gasteiger partial charge in [-0.15, -0.1) is 0 Å². The van der Waals surface area contributed by atoms with Crippen LogP contribution in [-0.4, -0.2) is 12.0 Å². The second-order valence-electron chi connectivity index (χ2n) is 5.19. The van der Waals surface area contributed by atoms with E-state index in [1.54, 1.807) is 12.1 Å². The summed E-state index contributed by atoms with van der Waals surface area (Å²) in [7, 11) is 1.96. The molecule has 0 N–H and O–H groups in total. The molecule has 4 heteroatoms. The van der Waals surface area contributed by atoms with Gasteiger partial charge in [-0.1, -0.05) is 48.5 Å². The first kappa shape index (κ1) is 14.8. The quantitative estimate of drug-likeness (QED) is 0.501.